The lowest BCUT2D eigenvalue weighted by Crippen LogP contribution is -2.13. The number of benzene rings is 1. The number of halogens is 2. The predicted octanol–water partition coefficient (Wildman–Crippen LogP) is 3.33. The minimum atomic E-state index is -0.434. The summed E-state index contributed by atoms with van der Waals surface area (Å²) >= 11 is 6.51. The molecular weight excluding hydrogens is 352 g/mol. The molecule has 0 N–H and O–H groups in total. The molecule has 0 aromatic heterocycles. The van der Waals surface area contributed by atoms with Gasteiger partial charge in [0.25, 0.3) is 0 Å². The summed E-state index contributed by atoms with van der Waals surface area (Å²) in [6, 6.07) is 5.04. The highest BCUT2D eigenvalue weighted by atomic mass is 79.9. The van der Waals surface area contributed by atoms with Crippen molar-refractivity contribution in [3.8, 4) is 0 Å². The van der Waals surface area contributed by atoms with Gasteiger partial charge in [0.2, 0.25) is 0 Å². The summed E-state index contributed by atoms with van der Waals surface area (Å²) in [5.41, 5.74) is 1.72. The maximum absolute atomic E-state index is 11.8. The highest BCUT2D eigenvalue weighted by molar-refractivity contribution is 9.10. The van der Waals surface area contributed by atoms with E-state index in [4.69, 9.17) is 4.74 Å². The molecule has 92 valence electrons. The van der Waals surface area contributed by atoms with Gasteiger partial charge in [-0.1, -0.05) is 44.0 Å². The standard InChI is InChI=1S/C12H12Br2O3/c1-7(14)11(15)8-3-4-9(6-13)10(5-8)12(16)17-2/h3-5,7H,6H2,1-2H3. The molecule has 1 aromatic rings. The number of ether oxygens (including phenoxy) is 1. The molecule has 0 fully saturated rings. The van der Waals surface area contributed by atoms with Crippen molar-refractivity contribution in [2.75, 3.05) is 7.11 Å². The van der Waals surface area contributed by atoms with Crippen LogP contribution in [-0.2, 0) is 10.1 Å². The lowest BCUT2D eigenvalue weighted by atomic mass is 10.0. The SMILES string of the molecule is COC(=O)c1cc(C(=O)C(C)Br)ccc1CBr. The number of esters is 1. The van der Waals surface area contributed by atoms with Crippen molar-refractivity contribution in [1.82, 2.24) is 0 Å². The van der Waals surface area contributed by atoms with Crippen LogP contribution in [0.4, 0.5) is 0 Å². The number of carbonyl (C=O) groups is 2. The molecule has 0 heterocycles. The summed E-state index contributed by atoms with van der Waals surface area (Å²) in [5.74, 6) is -0.493. The zero-order valence-electron chi connectivity index (χ0n) is 9.50. The Balaban J connectivity index is 3.22. The molecule has 0 aliphatic rings. The highest BCUT2D eigenvalue weighted by Crippen LogP contribution is 2.18. The maximum Gasteiger partial charge on any atom is 0.338 e. The fourth-order valence-corrected chi connectivity index (χ4v) is 2.13. The average Bonchev–Trinajstić information content (AvgIpc) is 2.35. The number of ketones is 1. The normalized spacial score (nSPS) is 12.0. The molecule has 0 spiro atoms. The van der Waals surface area contributed by atoms with Crippen LogP contribution in [0.1, 0.15) is 33.2 Å². The van der Waals surface area contributed by atoms with Crippen molar-refractivity contribution < 1.29 is 14.3 Å². The lowest BCUT2D eigenvalue weighted by Gasteiger charge is -2.08. The van der Waals surface area contributed by atoms with Gasteiger partial charge in [0.1, 0.15) is 0 Å². The monoisotopic (exact) mass is 362 g/mol. The summed E-state index contributed by atoms with van der Waals surface area (Å²) in [6.07, 6.45) is 0. The number of rotatable bonds is 4. The molecule has 0 bridgehead atoms. The van der Waals surface area contributed by atoms with Crippen LogP contribution in [-0.4, -0.2) is 23.7 Å². The summed E-state index contributed by atoms with van der Waals surface area (Å²) in [7, 11) is 1.32. The fourth-order valence-electron chi connectivity index (χ4n) is 1.38. The molecule has 0 radical (unpaired) electrons. The van der Waals surface area contributed by atoms with Crippen LogP contribution in [0.2, 0.25) is 0 Å². The van der Waals surface area contributed by atoms with Gasteiger partial charge in [-0.3, -0.25) is 4.79 Å². The molecule has 5 heteroatoms. The van der Waals surface area contributed by atoms with Crippen LogP contribution in [0, 0.1) is 0 Å². The Morgan fingerprint density at radius 3 is 2.53 bits per heavy atom. The lowest BCUT2D eigenvalue weighted by molar-refractivity contribution is 0.0600. The number of Topliss-reactive ketones (excluding diaryl/α,β-unsaturated/α-hetero) is 1. The first kappa shape index (κ1) is 14.4. The minimum absolute atomic E-state index is 0.0590. The van der Waals surface area contributed by atoms with E-state index in [0.29, 0.717) is 16.5 Å². The first-order valence-electron chi connectivity index (χ1n) is 4.96. The van der Waals surface area contributed by atoms with Crippen molar-refractivity contribution in [2.45, 2.75) is 17.1 Å². The Morgan fingerprint density at radius 2 is 2.06 bits per heavy atom. The van der Waals surface area contributed by atoms with E-state index in [1.54, 1.807) is 25.1 Å². The predicted molar refractivity (Wildman–Crippen MR) is 73.1 cm³/mol. The largest absolute Gasteiger partial charge is 0.465 e. The second-order valence-electron chi connectivity index (χ2n) is 3.48. The van der Waals surface area contributed by atoms with Crippen LogP contribution >= 0.6 is 31.9 Å². The topological polar surface area (TPSA) is 43.4 Å². The summed E-state index contributed by atoms with van der Waals surface area (Å²) in [5, 5.41) is 0.537. The van der Waals surface area contributed by atoms with E-state index in [0.717, 1.165) is 5.56 Å². The molecule has 0 aliphatic carbocycles. The first-order valence-corrected chi connectivity index (χ1v) is 7.00. The molecule has 0 aliphatic heterocycles. The van der Waals surface area contributed by atoms with E-state index >= 15 is 0 Å². The Kier molecular flexibility index (Phi) is 5.33. The number of hydrogen-bond acceptors (Lipinski definition) is 3. The third kappa shape index (κ3) is 3.39. The quantitative estimate of drug-likeness (QED) is 0.468. The number of alkyl halides is 2. The van der Waals surface area contributed by atoms with Gasteiger partial charge >= 0.3 is 5.97 Å². The van der Waals surface area contributed by atoms with Crippen LogP contribution in [0.15, 0.2) is 18.2 Å². The van der Waals surface area contributed by atoms with E-state index < -0.39 is 5.97 Å². The van der Waals surface area contributed by atoms with Gasteiger partial charge in [-0.15, -0.1) is 0 Å². The highest BCUT2D eigenvalue weighted by Gasteiger charge is 2.17. The Morgan fingerprint density at radius 1 is 1.41 bits per heavy atom. The molecule has 0 amide bonds. The van der Waals surface area contributed by atoms with Crippen LogP contribution < -0.4 is 0 Å². The van der Waals surface area contributed by atoms with Gasteiger partial charge < -0.3 is 4.74 Å². The van der Waals surface area contributed by atoms with Crippen molar-refractivity contribution in [2.24, 2.45) is 0 Å². The molecule has 1 aromatic carbocycles. The molecule has 0 saturated heterocycles. The van der Waals surface area contributed by atoms with Crippen LogP contribution in [0.5, 0.6) is 0 Å². The molecule has 3 nitrogen and oxygen atoms in total. The van der Waals surface area contributed by atoms with Gasteiger partial charge in [-0.25, -0.2) is 4.79 Å². The second kappa shape index (κ2) is 6.31. The third-order valence-corrected chi connectivity index (χ3v) is 3.32. The molecule has 17 heavy (non-hydrogen) atoms. The van der Waals surface area contributed by atoms with Gasteiger partial charge in [0.15, 0.2) is 5.78 Å². The Bertz CT molecular complexity index is 441. The van der Waals surface area contributed by atoms with E-state index in [1.165, 1.54) is 7.11 Å². The molecule has 0 saturated carbocycles. The van der Waals surface area contributed by atoms with E-state index in [-0.39, 0.29) is 10.6 Å². The summed E-state index contributed by atoms with van der Waals surface area (Å²) < 4.78 is 4.69. The van der Waals surface area contributed by atoms with Crippen molar-refractivity contribution in [3.05, 3.63) is 34.9 Å². The molecule has 1 rings (SSSR count). The van der Waals surface area contributed by atoms with Crippen molar-refractivity contribution in [1.29, 1.82) is 0 Å². The minimum Gasteiger partial charge on any atom is -0.465 e. The molecular formula is C12H12Br2O3. The van der Waals surface area contributed by atoms with Gasteiger partial charge in [0.05, 0.1) is 17.5 Å². The van der Waals surface area contributed by atoms with E-state index in [9.17, 15) is 9.59 Å². The maximum atomic E-state index is 11.8. The molecule has 1 atom stereocenters. The number of hydrogen-bond donors (Lipinski definition) is 0. The van der Waals surface area contributed by atoms with E-state index in [2.05, 4.69) is 31.9 Å². The van der Waals surface area contributed by atoms with Crippen molar-refractivity contribution >= 4 is 43.6 Å². The first-order chi connectivity index (χ1) is 8.01. The fraction of sp³-hybridized carbons (Fsp3) is 0.333. The van der Waals surface area contributed by atoms with Crippen LogP contribution in [0.3, 0.4) is 0 Å². The van der Waals surface area contributed by atoms with Crippen LogP contribution in [0.25, 0.3) is 0 Å². The van der Waals surface area contributed by atoms with Crippen molar-refractivity contribution in [3.63, 3.8) is 0 Å². The second-order valence-corrected chi connectivity index (χ2v) is 5.41. The zero-order valence-corrected chi connectivity index (χ0v) is 12.7. The van der Waals surface area contributed by atoms with Gasteiger partial charge in [0, 0.05) is 10.9 Å². The Labute approximate surface area is 117 Å². The van der Waals surface area contributed by atoms with Gasteiger partial charge in [-0.2, -0.15) is 0 Å². The summed E-state index contributed by atoms with van der Waals surface area (Å²) in [4.78, 5) is 23.1. The van der Waals surface area contributed by atoms with Gasteiger partial charge in [-0.05, 0) is 18.6 Å². The summed E-state index contributed by atoms with van der Waals surface area (Å²) in [6.45, 7) is 1.75. The van der Waals surface area contributed by atoms with E-state index in [1.807, 2.05) is 0 Å². The third-order valence-electron chi connectivity index (χ3n) is 2.30. The smallest absolute Gasteiger partial charge is 0.338 e. The number of methoxy groups -OCH3 is 1. The number of carbonyl (C=O) groups excluding carboxylic acids is 2. The average molecular weight is 364 g/mol. The zero-order chi connectivity index (χ0) is 13.0. The Hall–Kier alpha value is -0.680. The molecule has 1 unspecified atom stereocenters.